The summed E-state index contributed by atoms with van der Waals surface area (Å²) in [5, 5.41) is 8.86. The smallest absolute Gasteiger partial charge is 0.335 e. The summed E-state index contributed by atoms with van der Waals surface area (Å²) >= 11 is 0. The monoisotopic (exact) mass is 294 g/mol. The van der Waals surface area contributed by atoms with Crippen molar-refractivity contribution in [2.75, 3.05) is 0 Å². The molecule has 0 fully saturated rings. The van der Waals surface area contributed by atoms with E-state index in [0.29, 0.717) is 5.56 Å². The van der Waals surface area contributed by atoms with Gasteiger partial charge in [-0.05, 0) is 29.8 Å². The molecule has 6 heteroatoms. The Hall–Kier alpha value is -2.21. The molecule has 4 nitrogen and oxygen atoms in total. The van der Waals surface area contributed by atoms with Gasteiger partial charge in [-0.2, -0.15) is 0 Å². The third-order valence-corrected chi connectivity index (χ3v) is 4.42. The zero-order valence-electron chi connectivity index (χ0n) is 10.3. The van der Waals surface area contributed by atoms with Crippen LogP contribution in [0.15, 0.2) is 53.4 Å². The number of aromatic carboxylic acids is 1. The van der Waals surface area contributed by atoms with Gasteiger partial charge in [0.15, 0.2) is 9.84 Å². The Labute approximate surface area is 115 Å². The fourth-order valence-corrected chi connectivity index (χ4v) is 3.21. The Morgan fingerprint density at radius 3 is 2.45 bits per heavy atom. The van der Waals surface area contributed by atoms with Gasteiger partial charge in [-0.25, -0.2) is 17.6 Å². The van der Waals surface area contributed by atoms with Crippen molar-refractivity contribution in [3.8, 4) is 0 Å². The van der Waals surface area contributed by atoms with Crippen LogP contribution in [0, 0.1) is 5.82 Å². The average Bonchev–Trinajstić information content (AvgIpc) is 2.38. The fraction of sp³-hybridized carbons (Fsp3) is 0.0714. The molecule has 2 rings (SSSR count). The highest BCUT2D eigenvalue weighted by Gasteiger charge is 2.19. The Morgan fingerprint density at radius 2 is 1.80 bits per heavy atom. The summed E-state index contributed by atoms with van der Waals surface area (Å²) in [6.45, 7) is 0. The molecule has 0 bridgehead atoms. The van der Waals surface area contributed by atoms with Gasteiger partial charge >= 0.3 is 5.97 Å². The van der Waals surface area contributed by atoms with Gasteiger partial charge in [0.2, 0.25) is 0 Å². The number of benzene rings is 2. The van der Waals surface area contributed by atoms with Crippen molar-refractivity contribution in [1.29, 1.82) is 0 Å². The number of halogens is 1. The first kappa shape index (κ1) is 14.2. The average molecular weight is 294 g/mol. The molecule has 0 unspecified atom stereocenters. The summed E-state index contributed by atoms with van der Waals surface area (Å²) < 4.78 is 37.8. The van der Waals surface area contributed by atoms with Crippen LogP contribution in [0.25, 0.3) is 0 Å². The van der Waals surface area contributed by atoms with E-state index in [1.54, 1.807) is 0 Å². The van der Waals surface area contributed by atoms with Crippen LogP contribution in [-0.2, 0) is 15.6 Å². The fourth-order valence-electron chi connectivity index (χ4n) is 1.79. The van der Waals surface area contributed by atoms with Crippen LogP contribution >= 0.6 is 0 Å². The summed E-state index contributed by atoms with van der Waals surface area (Å²) in [4.78, 5) is 10.4. The molecule has 0 radical (unpaired) electrons. The van der Waals surface area contributed by atoms with Crippen LogP contribution < -0.4 is 0 Å². The molecule has 0 spiro atoms. The highest BCUT2D eigenvalue weighted by molar-refractivity contribution is 7.90. The Balaban J connectivity index is 2.36. The molecule has 0 aliphatic heterocycles. The second kappa shape index (κ2) is 5.42. The number of carboxylic acids is 1. The second-order valence-corrected chi connectivity index (χ2v) is 6.15. The van der Waals surface area contributed by atoms with Crippen LogP contribution in [-0.4, -0.2) is 19.5 Å². The first-order valence-electron chi connectivity index (χ1n) is 5.70. The van der Waals surface area contributed by atoms with Gasteiger partial charge in [0, 0.05) is 0 Å². The molecule has 1 N–H and O–H groups in total. The van der Waals surface area contributed by atoms with Crippen LogP contribution in [0.1, 0.15) is 15.9 Å². The van der Waals surface area contributed by atoms with Gasteiger partial charge in [0.1, 0.15) is 10.7 Å². The molecular weight excluding hydrogens is 283 g/mol. The molecule has 0 atom stereocenters. The minimum atomic E-state index is -3.85. The summed E-state index contributed by atoms with van der Waals surface area (Å²) in [7, 11) is -3.85. The molecule has 0 aliphatic rings. The first-order chi connectivity index (χ1) is 9.40. The molecule has 2 aromatic carbocycles. The van der Waals surface area contributed by atoms with E-state index in [9.17, 15) is 17.6 Å². The van der Waals surface area contributed by atoms with Gasteiger partial charge in [-0.1, -0.05) is 24.3 Å². The predicted molar refractivity (Wildman–Crippen MR) is 70.7 cm³/mol. The Bertz CT molecular complexity index is 753. The Kier molecular flexibility index (Phi) is 3.85. The first-order valence-corrected chi connectivity index (χ1v) is 7.35. The molecular formula is C14H11FO4S. The van der Waals surface area contributed by atoms with E-state index in [2.05, 4.69) is 0 Å². The number of sulfone groups is 1. The highest BCUT2D eigenvalue weighted by atomic mass is 32.2. The van der Waals surface area contributed by atoms with Gasteiger partial charge in [0.05, 0.1) is 11.3 Å². The molecule has 0 saturated heterocycles. The highest BCUT2D eigenvalue weighted by Crippen LogP contribution is 2.19. The third-order valence-electron chi connectivity index (χ3n) is 2.70. The molecule has 0 aliphatic carbocycles. The normalized spacial score (nSPS) is 11.2. The second-order valence-electron chi connectivity index (χ2n) is 4.20. The summed E-state index contributed by atoms with van der Waals surface area (Å²) in [5.74, 6) is -2.41. The molecule has 2 aromatic rings. The van der Waals surface area contributed by atoms with E-state index in [1.807, 2.05) is 0 Å². The van der Waals surface area contributed by atoms with Gasteiger partial charge in [-0.15, -0.1) is 0 Å². The van der Waals surface area contributed by atoms with Gasteiger partial charge in [-0.3, -0.25) is 0 Å². The quantitative estimate of drug-likeness (QED) is 0.940. The van der Waals surface area contributed by atoms with E-state index < -0.39 is 27.4 Å². The van der Waals surface area contributed by atoms with Crippen molar-refractivity contribution in [2.24, 2.45) is 0 Å². The van der Waals surface area contributed by atoms with E-state index in [4.69, 9.17) is 5.11 Å². The maximum absolute atomic E-state index is 13.5. The minimum absolute atomic E-state index is 0.00812. The van der Waals surface area contributed by atoms with Crippen molar-refractivity contribution in [3.05, 3.63) is 65.5 Å². The zero-order chi connectivity index (χ0) is 14.8. The largest absolute Gasteiger partial charge is 0.478 e. The van der Waals surface area contributed by atoms with E-state index in [-0.39, 0.29) is 10.5 Å². The predicted octanol–water partition coefficient (Wildman–Crippen LogP) is 2.50. The number of hydrogen-bond donors (Lipinski definition) is 1. The standard InChI is InChI=1S/C14H11FO4S/c15-12-6-1-2-7-13(12)20(18,19)9-10-4-3-5-11(8-10)14(16)17/h1-8H,9H2,(H,16,17). The van der Waals surface area contributed by atoms with Gasteiger partial charge < -0.3 is 5.11 Å². The summed E-state index contributed by atoms with van der Waals surface area (Å²) in [5.41, 5.74) is 0.291. The summed E-state index contributed by atoms with van der Waals surface area (Å²) in [6.07, 6.45) is 0. The topological polar surface area (TPSA) is 71.4 Å². The van der Waals surface area contributed by atoms with Crippen molar-refractivity contribution in [3.63, 3.8) is 0 Å². The van der Waals surface area contributed by atoms with E-state index in [0.717, 1.165) is 6.07 Å². The third kappa shape index (κ3) is 3.03. The molecule has 104 valence electrons. The maximum Gasteiger partial charge on any atom is 0.335 e. The number of carbonyl (C=O) groups is 1. The maximum atomic E-state index is 13.5. The van der Waals surface area contributed by atoms with E-state index in [1.165, 1.54) is 42.5 Å². The lowest BCUT2D eigenvalue weighted by Crippen LogP contribution is -2.08. The van der Waals surface area contributed by atoms with Crippen molar-refractivity contribution in [1.82, 2.24) is 0 Å². The van der Waals surface area contributed by atoms with Crippen molar-refractivity contribution < 1.29 is 22.7 Å². The SMILES string of the molecule is O=C(O)c1cccc(CS(=O)(=O)c2ccccc2F)c1. The van der Waals surface area contributed by atoms with Gasteiger partial charge in [0.25, 0.3) is 0 Å². The lowest BCUT2D eigenvalue weighted by Gasteiger charge is -2.06. The number of carboxylic acid groups (broad SMARTS) is 1. The molecule has 0 aromatic heterocycles. The summed E-state index contributed by atoms with van der Waals surface area (Å²) in [6, 6.07) is 10.7. The minimum Gasteiger partial charge on any atom is -0.478 e. The Morgan fingerprint density at radius 1 is 1.10 bits per heavy atom. The van der Waals surface area contributed by atoms with Crippen molar-refractivity contribution in [2.45, 2.75) is 10.6 Å². The van der Waals surface area contributed by atoms with Crippen LogP contribution in [0.4, 0.5) is 4.39 Å². The van der Waals surface area contributed by atoms with Crippen LogP contribution in [0.5, 0.6) is 0 Å². The zero-order valence-corrected chi connectivity index (χ0v) is 11.1. The van der Waals surface area contributed by atoms with E-state index >= 15 is 0 Å². The van der Waals surface area contributed by atoms with Crippen LogP contribution in [0.3, 0.4) is 0 Å². The van der Waals surface area contributed by atoms with Crippen molar-refractivity contribution >= 4 is 15.8 Å². The van der Waals surface area contributed by atoms with Crippen LogP contribution in [0.2, 0.25) is 0 Å². The number of rotatable bonds is 4. The molecule has 0 saturated carbocycles. The lowest BCUT2D eigenvalue weighted by molar-refractivity contribution is 0.0696. The number of hydrogen-bond acceptors (Lipinski definition) is 3. The molecule has 0 heterocycles. The molecule has 20 heavy (non-hydrogen) atoms. The lowest BCUT2D eigenvalue weighted by atomic mass is 10.1. The molecule has 0 amide bonds.